The molecule has 1 atom stereocenters. The van der Waals surface area contributed by atoms with E-state index in [4.69, 9.17) is 9.47 Å². The van der Waals surface area contributed by atoms with Crippen LogP contribution < -0.4 is 5.56 Å². The molecule has 0 radical (unpaired) electrons. The van der Waals surface area contributed by atoms with E-state index in [0.29, 0.717) is 20.7 Å². The van der Waals surface area contributed by atoms with Crippen LogP contribution >= 0.6 is 11.3 Å². The third-order valence-corrected chi connectivity index (χ3v) is 4.47. The zero-order valence-electron chi connectivity index (χ0n) is 12.7. The minimum Gasteiger partial charge on any atom is -0.465 e. The third kappa shape index (κ3) is 2.61. The molecule has 1 unspecified atom stereocenters. The van der Waals surface area contributed by atoms with Crippen LogP contribution in [-0.4, -0.2) is 35.2 Å². The number of nitrogens with zero attached hydrogens (tertiary/aromatic N) is 2. The van der Waals surface area contributed by atoms with Crippen molar-refractivity contribution in [3.63, 3.8) is 0 Å². The lowest BCUT2D eigenvalue weighted by molar-refractivity contribution is -0.146. The van der Waals surface area contributed by atoms with Gasteiger partial charge in [0.05, 0.1) is 25.4 Å². The number of esters is 2. The van der Waals surface area contributed by atoms with Gasteiger partial charge in [-0.25, -0.2) is 14.6 Å². The van der Waals surface area contributed by atoms with E-state index in [1.807, 2.05) is 0 Å². The van der Waals surface area contributed by atoms with E-state index in [0.717, 1.165) is 11.3 Å². The zero-order chi connectivity index (χ0) is 16.4. The number of hydrogen-bond acceptors (Lipinski definition) is 7. The largest absolute Gasteiger partial charge is 0.465 e. The summed E-state index contributed by atoms with van der Waals surface area (Å²) in [6.45, 7) is 5.15. The van der Waals surface area contributed by atoms with Crippen molar-refractivity contribution in [3.05, 3.63) is 27.1 Å². The molecule has 118 valence electrons. The van der Waals surface area contributed by atoms with Crippen LogP contribution in [0.1, 0.15) is 35.1 Å². The van der Waals surface area contributed by atoms with Crippen LogP contribution in [0.3, 0.4) is 0 Å². The maximum atomic E-state index is 12.6. The number of aromatic nitrogens is 2. The van der Waals surface area contributed by atoms with Gasteiger partial charge in [-0.15, -0.1) is 11.3 Å². The summed E-state index contributed by atoms with van der Waals surface area (Å²) >= 11 is 1.09. The molecule has 0 aliphatic heterocycles. The van der Waals surface area contributed by atoms with Gasteiger partial charge in [-0.3, -0.25) is 9.36 Å². The van der Waals surface area contributed by atoms with Crippen molar-refractivity contribution < 1.29 is 19.1 Å². The van der Waals surface area contributed by atoms with Crippen LogP contribution in [0.5, 0.6) is 0 Å². The zero-order valence-corrected chi connectivity index (χ0v) is 13.5. The van der Waals surface area contributed by atoms with E-state index in [1.165, 1.54) is 18.0 Å². The average molecular weight is 324 g/mol. The molecule has 0 spiro atoms. The fourth-order valence-corrected chi connectivity index (χ4v) is 3.13. The first kappa shape index (κ1) is 16.2. The molecular weight excluding hydrogens is 308 g/mol. The molecule has 0 saturated carbocycles. The summed E-state index contributed by atoms with van der Waals surface area (Å²) in [5, 5.41) is 0.323. The number of thiophene rings is 1. The summed E-state index contributed by atoms with van der Waals surface area (Å²) in [7, 11) is 1.28. The van der Waals surface area contributed by atoms with E-state index >= 15 is 0 Å². The summed E-state index contributed by atoms with van der Waals surface area (Å²) in [6, 6.07) is -0.787. The Kier molecular flexibility index (Phi) is 4.60. The van der Waals surface area contributed by atoms with Gasteiger partial charge in [0.2, 0.25) is 0 Å². The highest BCUT2D eigenvalue weighted by atomic mass is 32.1. The summed E-state index contributed by atoms with van der Waals surface area (Å²) in [5.41, 5.74) is 0.129. The first-order valence-electron chi connectivity index (χ1n) is 6.67. The van der Waals surface area contributed by atoms with Crippen LogP contribution in [0.2, 0.25) is 0 Å². The van der Waals surface area contributed by atoms with E-state index in [1.54, 1.807) is 20.8 Å². The molecule has 2 rings (SSSR count). The van der Waals surface area contributed by atoms with Crippen molar-refractivity contribution in [3.8, 4) is 0 Å². The predicted molar refractivity (Wildman–Crippen MR) is 81.3 cm³/mol. The Morgan fingerprint density at radius 3 is 2.73 bits per heavy atom. The molecule has 0 aliphatic carbocycles. The second-order valence-corrected chi connectivity index (χ2v) is 5.61. The first-order valence-corrected chi connectivity index (χ1v) is 7.49. The lowest BCUT2D eigenvalue weighted by Gasteiger charge is -2.13. The highest BCUT2D eigenvalue weighted by molar-refractivity contribution is 7.20. The normalized spacial score (nSPS) is 12.2. The van der Waals surface area contributed by atoms with Crippen molar-refractivity contribution in [1.82, 2.24) is 9.55 Å². The SMILES string of the molecule is CCOC(=O)C(C)n1cnc2sc(C(=O)OC)c(C)c2c1=O. The van der Waals surface area contributed by atoms with E-state index in [2.05, 4.69) is 4.98 Å². The molecule has 8 heteroatoms. The lowest BCUT2D eigenvalue weighted by Crippen LogP contribution is -2.29. The van der Waals surface area contributed by atoms with Gasteiger partial charge in [0.1, 0.15) is 15.7 Å². The number of rotatable bonds is 4. The summed E-state index contributed by atoms with van der Waals surface area (Å²) in [5.74, 6) is -1.02. The highest BCUT2D eigenvalue weighted by Crippen LogP contribution is 2.27. The van der Waals surface area contributed by atoms with Gasteiger partial charge in [0, 0.05) is 0 Å². The van der Waals surface area contributed by atoms with Crippen LogP contribution in [0.4, 0.5) is 0 Å². The number of ether oxygens (including phenoxy) is 2. The standard InChI is InChI=1S/C14H16N2O5S/c1-5-21-13(18)8(3)16-6-15-11-9(12(16)17)7(2)10(22-11)14(19)20-4/h6,8H,5H2,1-4H3. The molecule has 0 bridgehead atoms. The van der Waals surface area contributed by atoms with Gasteiger partial charge in [-0.2, -0.15) is 0 Å². The monoisotopic (exact) mass is 324 g/mol. The molecule has 0 aliphatic rings. The fourth-order valence-electron chi connectivity index (χ4n) is 2.08. The number of aryl methyl sites for hydroxylation is 1. The van der Waals surface area contributed by atoms with Gasteiger partial charge in [0.25, 0.3) is 5.56 Å². The highest BCUT2D eigenvalue weighted by Gasteiger charge is 2.23. The minimum absolute atomic E-state index is 0.234. The van der Waals surface area contributed by atoms with E-state index in [-0.39, 0.29) is 12.2 Å². The Balaban J connectivity index is 2.59. The molecule has 0 fully saturated rings. The second kappa shape index (κ2) is 6.27. The van der Waals surface area contributed by atoms with Crippen molar-refractivity contribution in [1.29, 1.82) is 0 Å². The predicted octanol–water partition coefficient (Wildman–Crippen LogP) is 1.68. The van der Waals surface area contributed by atoms with Crippen LogP contribution in [-0.2, 0) is 14.3 Å². The van der Waals surface area contributed by atoms with Gasteiger partial charge in [0.15, 0.2) is 0 Å². The van der Waals surface area contributed by atoms with E-state index < -0.39 is 18.0 Å². The Labute approximate surface area is 130 Å². The molecule has 0 N–H and O–H groups in total. The van der Waals surface area contributed by atoms with Crippen LogP contribution in [0, 0.1) is 6.92 Å². The van der Waals surface area contributed by atoms with Gasteiger partial charge in [-0.1, -0.05) is 0 Å². The average Bonchev–Trinajstić information content (AvgIpc) is 2.84. The molecule has 0 aromatic carbocycles. The quantitative estimate of drug-likeness (QED) is 0.795. The maximum absolute atomic E-state index is 12.6. The van der Waals surface area contributed by atoms with Gasteiger partial charge in [-0.05, 0) is 26.3 Å². The Morgan fingerprint density at radius 1 is 1.45 bits per heavy atom. The maximum Gasteiger partial charge on any atom is 0.348 e. The number of hydrogen-bond donors (Lipinski definition) is 0. The Bertz CT molecular complexity index is 792. The third-order valence-electron chi connectivity index (χ3n) is 3.29. The topological polar surface area (TPSA) is 87.5 Å². The van der Waals surface area contributed by atoms with Crippen LogP contribution in [0.15, 0.2) is 11.1 Å². The molecule has 22 heavy (non-hydrogen) atoms. The molecule has 2 aromatic rings. The molecule has 0 saturated heterocycles. The minimum atomic E-state index is -0.787. The van der Waals surface area contributed by atoms with Crippen LogP contribution in [0.25, 0.3) is 10.2 Å². The number of carbonyl (C=O) groups is 2. The molecule has 7 nitrogen and oxygen atoms in total. The van der Waals surface area contributed by atoms with Crippen molar-refractivity contribution >= 4 is 33.5 Å². The first-order chi connectivity index (χ1) is 10.4. The summed E-state index contributed by atoms with van der Waals surface area (Å²) < 4.78 is 10.8. The van der Waals surface area contributed by atoms with E-state index in [9.17, 15) is 14.4 Å². The summed E-state index contributed by atoms with van der Waals surface area (Å²) in [4.78, 5) is 41.0. The Hall–Kier alpha value is -2.22. The lowest BCUT2D eigenvalue weighted by atomic mass is 10.2. The smallest absolute Gasteiger partial charge is 0.348 e. The van der Waals surface area contributed by atoms with Gasteiger partial charge < -0.3 is 9.47 Å². The van der Waals surface area contributed by atoms with Crippen molar-refractivity contribution in [2.24, 2.45) is 0 Å². The summed E-state index contributed by atoms with van der Waals surface area (Å²) in [6.07, 6.45) is 1.29. The second-order valence-electron chi connectivity index (χ2n) is 4.61. The fraction of sp³-hybridized carbons (Fsp3) is 0.429. The van der Waals surface area contributed by atoms with Gasteiger partial charge >= 0.3 is 11.9 Å². The molecule has 2 aromatic heterocycles. The number of carbonyl (C=O) groups excluding carboxylic acids is 2. The number of methoxy groups -OCH3 is 1. The molecular formula is C14H16N2O5S. The molecule has 0 amide bonds. The Morgan fingerprint density at radius 2 is 2.14 bits per heavy atom. The van der Waals surface area contributed by atoms with Crippen molar-refractivity contribution in [2.45, 2.75) is 26.8 Å². The van der Waals surface area contributed by atoms with Crippen molar-refractivity contribution in [2.75, 3.05) is 13.7 Å². The molecule has 2 heterocycles. The number of fused-ring (bicyclic) bond motifs is 1.